The van der Waals surface area contributed by atoms with Crippen molar-refractivity contribution >= 4 is 11.8 Å². The van der Waals surface area contributed by atoms with Crippen molar-refractivity contribution in [2.75, 3.05) is 13.1 Å². The first kappa shape index (κ1) is 22.0. The molecular weight excluding hydrogens is 450 g/mol. The third-order valence-electron chi connectivity index (χ3n) is 9.21. The second kappa shape index (κ2) is 8.16. The standard InChI is InChI=1S/C29H31N5O2/c30-14-20-11-19-12-25(19)33(20)28(35)24(31)16-32-15-21-13-26(32)29(36)34(21)27-22-7-3-1-5-17(22)9-10-18-6-2-4-8-23(18)27/h1-8,19-21,24-27H,9-13,15-16,31H2/t19-,20+,21+,24+,25?,26+/m1/s1. The van der Waals surface area contributed by atoms with E-state index in [2.05, 4.69) is 64.4 Å². The summed E-state index contributed by atoms with van der Waals surface area (Å²) in [5.74, 6) is 0.472. The minimum Gasteiger partial charge on any atom is -0.326 e. The maximum Gasteiger partial charge on any atom is 0.242 e. The summed E-state index contributed by atoms with van der Waals surface area (Å²) in [5.41, 5.74) is 11.5. The molecule has 2 aromatic carbocycles. The SMILES string of the molecule is N#C[C@@H]1C[C@@H]2CC2N1C(=O)[C@@H](N)CN1C[C@@H]2C[C@H]1C(=O)N2C1c2ccccc2CCc2ccccc21. The van der Waals surface area contributed by atoms with Crippen molar-refractivity contribution in [3.63, 3.8) is 0 Å². The number of amides is 2. The van der Waals surface area contributed by atoms with Crippen LogP contribution in [-0.4, -0.2) is 69.8 Å². The Morgan fingerprint density at radius 3 is 2.33 bits per heavy atom. The molecule has 1 unspecified atom stereocenters. The number of piperidine rings is 1. The van der Waals surface area contributed by atoms with E-state index in [4.69, 9.17) is 5.73 Å². The molecule has 5 aliphatic rings. The zero-order valence-corrected chi connectivity index (χ0v) is 20.3. The van der Waals surface area contributed by atoms with Crippen molar-refractivity contribution in [2.24, 2.45) is 11.7 Å². The minimum atomic E-state index is -0.708. The normalized spacial score (nSPS) is 31.4. The molecular formula is C29H31N5O2. The van der Waals surface area contributed by atoms with E-state index in [1.807, 2.05) is 0 Å². The van der Waals surface area contributed by atoms with E-state index in [0.717, 1.165) is 38.6 Å². The van der Waals surface area contributed by atoms with Crippen LogP contribution in [0.25, 0.3) is 0 Å². The second-order valence-corrected chi connectivity index (χ2v) is 11.2. The quantitative estimate of drug-likeness (QED) is 0.721. The van der Waals surface area contributed by atoms with Gasteiger partial charge in [-0.2, -0.15) is 5.26 Å². The van der Waals surface area contributed by atoms with E-state index >= 15 is 0 Å². The first-order valence-corrected chi connectivity index (χ1v) is 13.2. The second-order valence-electron chi connectivity index (χ2n) is 11.2. The number of piperazine rings is 1. The molecule has 2 aromatic rings. The molecule has 2 bridgehead atoms. The Kier molecular flexibility index (Phi) is 4.99. The Bertz CT molecular complexity index is 1240. The number of rotatable bonds is 4. The molecule has 6 atom stereocenters. The number of aryl methyl sites for hydroxylation is 2. The van der Waals surface area contributed by atoms with Crippen LogP contribution >= 0.6 is 0 Å². The number of likely N-dealkylation sites (tertiary alicyclic amines) is 3. The summed E-state index contributed by atoms with van der Waals surface area (Å²) >= 11 is 0. The van der Waals surface area contributed by atoms with Gasteiger partial charge < -0.3 is 15.5 Å². The van der Waals surface area contributed by atoms with Gasteiger partial charge in [-0.1, -0.05) is 48.5 Å². The number of nitrogens with zero attached hydrogens (tertiary/aromatic N) is 4. The van der Waals surface area contributed by atoms with Gasteiger partial charge in [0.15, 0.2) is 0 Å². The van der Waals surface area contributed by atoms with E-state index in [-0.39, 0.29) is 42.0 Å². The molecule has 0 spiro atoms. The highest BCUT2D eigenvalue weighted by atomic mass is 16.2. The first-order valence-electron chi connectivity index (χ1n) is 13.2. The van der Waals surface area contributed by atoms with Crippen molar-refractivity contribution in [3.8, 4) is 6.07 Å². The molecule has 1 saturated carbocycles. The fourth-order valence-electron chi connectivity index (χ4n) is 7.43. The fraction of sp³-hybridized carbons (Fsp3) is 0.483. The van der Waals surface area contributed by atoms with Crippen LogP contribution in [0.2, 0.25) is 0 Å². The number of nitrogens with two attached hydrogens (primary N) is 1. The minimum absolute atomic E-state index is 0.0763. The van der Waals surface area contributed by atoms with Crippen LogP contribution < -0.4 is 5.73 Å². The topological polar surface area (TPSA) is 93.7 Å². The highest BCUT2D eigenvalue weighted by Gasteiger charge is 2.56. The molecule has 2 amide bonds. The predicted molar refractivity (Wildman–Crippen MR) is 133 cm³/mol. The van der Waals surface area contributed by atoms with Gasteiger partial charge >= 0.3 is 0 Å². The van der Waals surface area contributed by atoms with Gasteiger partial charge in [-0.3, -0.25) is 14.5 Å². The van der Waals surface area contributed by atoms with Gasteiger partial charge in [0.1, 0.15) is 6.04 Å². The Morgan fingerprint density at radius 1 is 1.03 bits per heavy atom. The Morgan fingerprint density at radius 2 is 1.69 bits per heavy atom. The molecule has 2 aliphatic carbocycles. The first-order chi connectivity index (χ1) is 17.5. The summed E-state index contributed by atoms with van der Waals surface area (Å²) in [7, 11) is 0. The van der Waals surface area contributed by atoms with Crippen molar-refractivity contribution in [2.45, 2.75) is 68.4 Å². The van der Waals surface area contributed by atoms with E-state index in [1.165, 1.54) is 22.3 Å². The van der Waals surface area contributed by atoms with Crippen molar-refractivity contribution in [1.29, 1.82) is 5.26 Å². The molecule has 0 aromatic heterocycles. The van der Waals surface area contributed by atoms with Gasteiger partial charge in [-0.25, -0.2) is 0 Å². The lowest BCUT2D eigenvalue weighted by Gasteiger charge is -2.40. The van der Waals surface area contributed by atoms with Gasteiger partial charge in [0.25, 0.3) is 0 Å². The van der Waals surface area contributed by atoms with Crippen LogP contribution in [-0.2, 0) is 22.4 Å². The Balaban J connectivity index is 1.13. The van der Waals surface area contributed by atoms with E-state index in [9.17, 15) is 14.9 Å². The van der Waals surface area contributed by atoms with Crippen molar-refractivity contribution < 1.29 is 9.59 Å². The summed E-state index contributed by atoms with van der Waals surface area (Å²) < 4.78 is 0. The molecule has 3 aliphatic heterocycles. The number of hydrogen-bond donors (Lipinski definition) is 1. The number of carbonyl (C=O) groups excluding carboxylic acids is 2. The van der Waals surface area contributed by atoms with E-state index in [1.54, 1.807) is 4.90 Å². The van der Waals surface area contributed by atoms with Gasteiger partial charge in [0, 0.05) is 25.2 Å². The van der Waals surface area contributed by atoms with E-state index < -0.39 is 6.04 Å². The van der Waals surface area contributed by atoms with Crippen LogP contribution in [0.5, 0.6) is 0 Å². The number of benzene rings is 2. The monoisotopic (exact) mass is 481 g/mol. The van der Waals surface area contributed by atoms with Crippen molar-refractivity contribution in [1.82, 2.24) is 14.7 Å². The molecule has 7 heteroatoms. The molecule has 3 saturated heterocycles. The maximum atomic E-state index is 13.9. The molecule has 2 N–H and O–H groups in total. The molecule has 4 fully saturated rings. The Hall–Kier alpha value is -3.21. The largest absolute Gasteiger partial charge is 0.326 e. The lowest BCUT2D eigenvalue weighted by atomic mass is 9.92. The van der Waals surface area contributed by atoms with Gasteiger partial charge in [-0.05, 0) is 60.3 Å². The average Bonchev–Trinajstić information content (AvgIpc) is 3.28. The molecule has 7 rings (SSSR count). The van der Waals surface area contributed by atoms with E-state index in [0.29, 0.717) is 12.5 Å². The Labute approximate surface area is 211 Å². The zero-order valence-electron chi connectivity index (χ0n) is 20.3. The predicted octanol–water partition coefficient (Wildman–Crippen LogP) is 2.00. The summed E-state index contributed by atoms with van der Waals surface area (Å²) in [6.45, 7) is 1.09. The summed E-state index contributed by atoms with van der Waals surface area (Å²) in [6.07, 6.45) is 4.49. The average molecular weight is 482 g/mol. The smallest absolute Gasteiger partial charge is 0.242 e. The molecule has 7 nitrogen and oxygen atoms in total. The molecule has 0 radical (unpaired) electrons. The maximum absolute atomic E-state index is 13.9. The van der Waals surface area contributed by atoms with Crippen LogP contribution in [0.15, 0.2) is 48.5 Å². The lowest BCUT2D eigenvalue weighted by Crippen LogP contribution is -2.57. The lowest BCUT2D eigenvalue weighted by molar-refractivity contribution is -0.140. The highest BCUT2D eigenvalue weighted by molar-refractivity contribution is 5.87. The van der Waals surface area contributed by atoms with Gasteiger partial charge in [0.05, 0.1) is 24.2 Å². The number of fused-ring (bicyclic) bond motifs is 5. The fourth-order valence-corrected chi connectivity index (χ4v) is 7.43. The molecule has 184 valence electrons. The molecule has 3 heterocycles. The molecule has 36 heavy (non-hydrogen) atoms. The zero-order chi connectivity index (χ0) is 24.6. The number of nitriles is 1. The van der Waals surface area contributed by atoms with Crippen LogP contribution in [0.4, 0.5) is 0 Å². The van der Waals surface area contributed by atoms with Crippen LogP contribution in [0, 0.1) is 17.2 Å². The van der Waals surface area contributed by atoms with Crippen molar-refractivity contribution in [3.05, 3.63) is 70.8 Å². The third kappa shape index (κ3) is 3.24. The third-order valence-corrected chi connectivity index (χ3v) is 9.21. The number of hydrogen-bond acceptors (Lipinski definition) is 5. The highest BCUT2D eigenvalue weighted by Crippen LogP contribution is 2.48. The van der Waals surface area contributed by atoms with Gasteiger partial charge in [-0.15, -0.1) is 0 Å². The number of carbonyl (C=O) groups is 2. The summed E-state index contributed by atoms with van der Waals surface area (Å²) in [5, 5.41) is 9.48. The van der Waals surface area contributed by atoms with Crippen LogP contribution in [0.3, 0.4) is 0 Å². The van der Waals surface area contributed by atoms with Gasteiger partial charge in [0.2, 0.25) is 11.8 Å². The van der Waals surface area contributed by atoms with Crippen LogP contribution in [0.1, 0.15) is 47.6 Å². The summed E-state index contributed by atoms with van der Waals surface area (Å²) in [4.78, 5) is 33.0. The summed E-state index contributed by atoms with van der Waals surface area (Å²) in [6, 6.07) is 18.3.